The fourth-order valence-electron chi connectivity index (χ4n) is 2.10. The van der Waals surface area contributed by atoms with Gasteiger partial charge in [0.1, 0.15) is 0 Å². The first kappa shape index (κ1) is 10.6. The molecule has 0 amide bonds. The number of benzene rings is 1. The lowest BCUT2D eigenvalue weighted by Gasteiger charge is -2.31. The van der Waals surface area contributed by atoms with Crippen LogP contribution in [0, 0.1) is 0 Å². The van der Waals surface area contributed by atoms with Crippen molar-refractivity contribution in [3.05, 3.63) is 42.0 Å². The Morgan fingerprint density at radius 2 is 2.20 bits per heavy atom. The van der Waals surface area contributed by atoms with Crippen molar-refractivity contribution in [3.63, 3.8) is 0 Å². The molecule has 1 aromatic carbocycles. The van der Waals surface area contributed by atoms with Crippen LogP contribution in [-0.4, -0.2) is 18.8 Å². The number of hydrogen-bond acceptors (Lipinski definition) is 2. The molecule has 1 heterocycles. The molecule has 1 nitrogen and oxygen atoms in total. The van der Waals surface area contributed by atoms with Crippen LogP contribution in [-0.2, 0) is 6.42 Å². The minimum atomic E-state index is 0.776. The van der Waals surface area contributed by atoms with Crippen LogP contribution in [0.4, 0.5) is 5.69 Å². The van der Waals surface area contributed by atoms with Gasteiger partial charge in [0.05, 0.1) is 0 Å². The predicted molar refractivity (Wildman–Crippen MR) is 70.0 cm³/mol. The van der Waals surface area contributed by atoms with E-state index in [1.807, 2.05) is 0 Å². The third-order valence-corrected chi connectivity index (χ3v) is 3.29. The second-order valence-corrected chi connectivity index (χ2v) is 4.38. The zero-order valence-electron chi connectivity index (χ0n) is 8.95. The molecule has 0 saturated heterocycles. The fourth-order valence-corrected chi connectivity index (χ4v) is 2.20. The van der Waals surface area contributed by atoms with Crippen LogP contribution in [0.5, 0.6) is 0 Å². The highest BCUT2D eigenvalue weighted by Crippen LogP contribution is 2.26. The van der Waals surface area contributed by atoms with Crippen molar-refractivity contribution in [2.45, 2.75) is 12.8 Å². The number of hydrogen-bond donors (Lipinski definition) is 1. The molecule has 0 bridgehead atoms. The van der Waals surface area contributed by atoms with Crippen LogP contribution >= 0.6 is 12.6 Å². The molecule has 1 aliphatic heterocycles. The van der Waals surface area contributed by atoms with Crippen molar-refractivity contribution in [2.75, 3.05) is 23.7 Å². The lowest BCUT2D eigenvalue weighted by Crippen LogP contribution is -2.31. The molecule has 0 unspecified atom stereocenters. The summed E-state index contributed by atoms with van der Waals surface area (Å²) in [4.78, 5) is 2.41. The Kier molecular flexibility index (Phi) is 3.37. The van der Waals surface area contributed by atoms with Gasteiger partial charge in [0.25, 0.3) is 0 Å². The third-order valence-electron chi connectivity index (χ3n) is 2.84. The Morgan fingerprint density at radius 3 is 3.00 bits per heavy atom. The molecule has 0 atom stereocenters. The minimum absolute atomic E-state index is 0.776. The summed E-state index contributed by atoms with van der Waals surface area (Å²) in [6.45, 7) is 6.11. The monoisotopic (exact) mass is 219 g/mol. The van der Waals surface area contributed by atoms with Gasteiger partial charge in [0, 0.05) is 24.5 Å². The SMILES string of the molecule is C=C(CS)CN1CCCc2ccccc21. The molecule has 0 spiro atoms. The summed E-state index contributed by atoms with van der Waals surface area (Å²) in [5, 5.41) is 0. The van der Waals surface area contributed by atoms with Gasteiger partial charge in [0.15, 0.2) is 0 Å². The molecule has 15 heavy (non-hydrogen) atoms. The van der Waals surface area contributed by atoms with Gasteiger partial charge in [-0.05, 0) is 30.0 Å². The van der Waals surface area contributed by atoms with Crippen LogP contribution in [0.1, 0.15) is 12.0 Å². The smallest absolute Gasteiger partial charge is 0.0401 e. The van der Waals surface area contributed by atoms with Gasteiger partial charge < -0.3 is 4.90 Å². The molecule has 0 fully saturated rings. The first-order valence-electron chi connectivity index (χ1n) is 5.41. The summed E-state index contributed by atoms with van der Waals surface area (Å²) in [7, 11) is 0. The van der Waals surface area contributed by atoms with E-state index in [1.165, 1.54) is 29.7 Å². The van der Waals surface area contributed by atoms with Crippen LogP contribution in [0.2, 0.25) is 0 Å². The number of anilines is 1. The second kappa shape index (κ2) is 4.75. The minimum Gasteiger partial charge on any atom is -0.367 e. The van der Waals surface area contributed by atoms with Crippen molar-refractivity contribution in [2.24, 2.45) is 0 Å². The van der Waals surface area contributed by atoms with E-state index in [2.05, 4.69) is 48.4 Å². The van der Waals surface area contributed by atoms with Gasteiger partial charge in [-0.3, -0.25) is 0 Å². The van der Waals surface area contributed by atoms with Gasteiger partial charge >= 0.3 is 0 Å². The molecule has 0 radical (unpaired) electrons. The highest BCUT2D eigenvalue weighted by Gasteiger charge is 2.15. The summed E-state index contributed by atoms with van der Waals surface area (Å²) in [5.74, 6) is 0.776. The maximum atomic E-state index is 4.26. The van der Waals surface area contributed by atoms with Crippen LogP contribution < -0.4 is 4.90 Å². The highest BCUT2D eigenvalue weighted by atomic mass is 32.1. The molecular formula is C13H17NS. The van der Waals surface area contributed by atoms with Crippen molar-refractivity contribution < 1.29 is 0 Å². The third kappa shape index (κ3) is 2.37. The number of aryl methyl sites for hydroxylation is 1. The van der Waals surface area contributed by atoms with Gasteiger partial charge in [-0.25, -0.2) is 0 Å². The Hall–Kier alpha value is -0.890. The summed E-state index contributed by atoms with van der Waals surface area (Å²) in [6, 6.07) is 8.67. The molecule has 0 aliphatic carbocycles. The first-order valence-corrected chi connectivity index (χ1v) is 6.05. The normalized spacial score (nSPS) is 14.9. The van der Waals surface area contributed by atoms with E-state index < -0.39 is 0 Å². The van der Waals surface area contributed by atoms with Gasteiger partial charge in [-0.1, -0.05) is 24.8 Å². The molecule has 0 saturated carbocycles. The Bertz CT molecular complexity index is 359. The summed E-state index contributed by atoms with van der Waals surface area (Å²) < 4.78 is 0. The number of fused-ring (bicyclic) bond motifs is 1. The molecule has 0 N–H and O–H groups in total. The summed E-state index contributed by atoms with van der Waals surface area (Å²) in [5.41, 5.74) is 4.04. The van der Waals surface area contributed by atoms with Crippen LogP contribution in [0.3, 0.4) is 0 Å². The van der Waals surface area contributed by atoms with E-state index in [0.29, 0.717) is 0 Å². The average molecular weight is 219 g/mol. The first-order chi connectivity index (χ1) is 7.31. The fraction of sp³-hybridized carbons (Fsp3) is 0.385. The van der Waals surface area contributed by atoms with Crippen molar-refractivity contribution in [3.8, 4) is 0 Å². The summed E-state index contributed by atoms with van der Waals surface area (Å²) in [6.07, 6.45) is 2.46. The molecule has 2 heteroatoms. The van der Waals surface area contributed by atoms with E-state index in [0.717, 1.165) is 18.8 Å². The van der Waals surface area contributed by atoms with Gasteiger partial charge in [-0.15, -0.1) is 0 Å². The van der Waals surface area contributed by atoms with Crippen LogP contribution in [0.25, 0.3) is 0 Å². The zero-order valence-corrected chi connectivity index (χ0v) is 9.84. The van der Waals surface area contributed by atoms with E-state index in [1.54, 1.807) is 0 Å². The van der Waals surface area contributed by atoms with Gasteiger partial charge in [-0.2, -0.15) is 12.6 Å². The van der Waals surface area contributed by atoms with E-state index in [4.69, 9.17) is 0 Å². The van der Waals surface area contributed by atoms with Crippen LogP contribution in [0.15, 0.2) is 36.4 Å². The topological polar surface area (TPSA) is 3.24 Å². The Labute approximate surface area is 97.2 Å². The molecular weight excluding hydrogens is 202 g/mol. The number of nitrogens with zero attached hydrogens (tertiary/aromatic N) is 1. The van der Waals surface area contributed by atoms with Crippen molar-refractivity contribution in [1.82, 2.24) is 0 Å². The maximum absolute atomic E-state index is 4.26. The molecule has 2 rings (SSSR count). The van der Waals surface area contributed by atoms with E-state index >= 15 is 0 Å². The predicted octanol–water partition coefficient (Wildman–Crippen LogP) is 2.93. The van der Waals surface area contributed by atoms with Gasteiger partial charge in [0.2, 0.25) is 0 Å². The second-order valence-electron chi connectivity index (χ2n) is 4.06. The van der Waals surface area contributed by atoms with Crippen molar-refractivity contribution >= 4 is 18.3 Å². The Balaban J connectivity index is 2.18. The largest absolute Gasteiger partial charge is 0.367 e. The number of rotatable bonds is 3. The molecule has 80 valence electrons. The lowest BCUT2D eigenvalue weighted by atomic mass is 10.0. The average Bonchev–Trinajstić information content (AvgIpc) is 2.29. The van der Waals surface area contributed by atoms with E-state index in [9.17, 15) is 0 Å². The highest BCUT2D eigenvalue weighted by molar-refractivity contribution is 7.80. The summed E-state index contributed by atoms with van der Waals surface area (Å²) >= 11 is 4.26. The molecule has 1 aromatic rings. The van der Waals surface area contributed by atoms with Crippen molar-refractivity contribution in [1.29, 1.82) is 0 Å². The number of para-hydroxylation sites is 1. The molecule has 1 aliphatic rings. The quantitative estimate of drug-likeness (QED) is 0.604. The lowest BCUT2D eigenvalue weighted by molar-refractivity contribution is 0.715. The molecule has 0 aromatic heterocycles. The standard InChI is InChI=1S/C13H17NS/c1-11(10-15)9-14-8-4-6-12-5-2-3-7-13(12)14/h2-3,5,7,15H,1,4,6,8-10H2. The zero-order chi connectivity index (χ0) is 10.7. The Morgan fingerprint density at radius 1 is 1.40 bits per heavy atom. The maximum Gasteiger partial charge on any atom is 0.0401 e. The number of thiol groups is 1. The van der Waals surface area contributed by atoms with E-state index in [-0.39, 0.29) is 0 Å².